The number of hydrogen-bond acceptors (Lipinski definition) is 4. The second kappa shape index (κ2) is 4.14. The van der Waals surface area contributed by atoms with Crippen LogP contribution in [0.4, 0.5) is 4.79 Å². The Morgan fingerprint density at radius 2 is 2.43 bits per heavy atom. The van der Waals surface area contributed by atoms with Crippen molar-refractivity contribution < 1.29 is 19.7 Å². The van der Waals surface area contributed by atoms with Crippen LogP contribution in [0.2, 0.25) is 0 Å². The molecule has 1 fully saturated rings. The summed E-state index contributed by atoms with van der Waals surface area (Å²) in [6.45, 7) is 3.62. The molecule has 1 rings (SSSR count). The van der Waals surface area contributed by atoms with Gasteiger partial charge in [0.15, 0.2) is 0 Å². The number of rotatable bonds is 3. The molecule has 14 heavy (non-hydrogen) atoms. The molecule has 5 nitrogen and oxygen atoms in total. The number of amides is 1. The Bertz CT molecular complexity index is 217. The van der Waals surface area contributed by atoms with Gasteiger partial charge in [-0.05, 0) is 13.3 Å². The maximum atomic E-state index is 10.9. The lowest BCUT2D eigenvalue weighted by atomic mass is 9.89. The molecule has 1 unspecified atom stereocenters. The Kier molecular flexibility index (Phi) is 3.34. The van der Waals surface area contributed by atoms with E-state index in [9.17, 15) is 15.0 Å². The van der Waals surface area contributed by atoms with Gasteiger partial charge in [0.05, 0.1) is 18.2 Å². The fourth-order valence-electron chi connectivity index (χ4n) is 1.42. The van der Waals surface area contributed by atoms with Crippen LogP contribution in [-0.2, 0) is 4.74 Å². The lowest BCUT2D eigenvalue weighted by Crippen LogP contribution is -2.56. The average molecular weight is 203 g/mol. The third kappa shape index (κ3) is 2.36. The molecule has 1 aliphatic heterocycles. The summed E-state index contributed by atoms with van der Waals surface area (Å²) < 4.78 is 4.66. The van der Waals surface area contributed by atoms with Gasteiger partial charge in [0.2, 0.25) is 0 Å². The first-order valence-electron chi connectivity index (χ1n) is 4.81. The highest BCUT2D eigenvalue weighted by atomic mass is 16.6. The third-order valence-electron chi connectivity index (χ3n) is 2.70. The molecule has 0 aromatic heterocycles. The molecule has 3 N–H and O–H groups in total. The number of cyclic esters (lactones) is 1. The minimum Gasteiger partial charge on any atom is -0.449 e. The van der Waals surface area contributed by atoms with E-state index >= 15 is 0 Å². The molecule has 1 aliphatic rings. The second-order valence-corrected chi connectivity index (χ2v) is 3.83. The number of carbonyl (C=O) groups is 1. The Morgan fingerprint density at radius 1 is 1.79 bits per heavy atom. The third-order valence-corrected chi connectivity index (χ3v) is 2.70. The van der Waals surface area contributed by atoms with Crippen LogP contribution in [0.3, 0.4) is 0 Å². The molecule has 0 aromatic rings. The van der Waals surface area contributed by atoms with Crippen LogP contribution in [0.25, 0.3) is 0 Å². The molecule has 82 valence electrons. The Balaban J connectivity index is 2.59. The van der Waals surface area contributed by atoms with E-state index in [0.717, 1.165) is 0 Å². The molecule has 1 saturated heterocycles. The summed E-state index contributed by atoms with van der Waals surface area (Å²) in [4.78, 5) is 10.9. The van der Waals surface area contributed by atoms with Crippen molar-refractivity contribution in [2.45, 2.75) is 44.4 Å². The lowest BCUT2D eigenvalue weighted by Gasteiger charge is -2.35. The normalized spacial score (nSPS) is 28.6. The predicted molar refractivity (Wildman–Crippen MR) is 49.8 cm³/mol. The summed E-state index contributed by atoms with van der Waals surface area (Å²) in [6.07, 6.45) is -0.544. The molecule has 0 aromatic carbocycles. The SMILES string of the molecule is CC[C@](C)(O)[C@@H](O)C1CCOC(=O)N1. The fourth-order valence-corrected chi connectivity index (χ4v) is 1.42. The van der Waals surface area contributed by atoms with E-state index in [0.29, 0.717) is 12.8 Å². The van der Waals surface area contributed by atoms with Crippen LogP contribution < -0.4 is 5.32 Å². The minimum absolute atomic E-state index is 0.285. The van der Waals surface area contributed by atoms with Crippen molar-refractivity contribution in [2.75, 3.05) is 6.61 Å². The van der Waals surface area contributed by atoms with Gasteiger partial charge in [0.1, 0.15) is 6.10 Å². The van der Waals surface area contributed by atoms with Crippen molar-refractivity contribution in [1.82, 2.24) is 5.32 Å². The van der Waals surface area contributed by atoms with Gasteiger partial charge in [0, 0.05) is 6.42 Å². The molecular weight excluding hydrogens is 186 g/mol. The molecule has 0 aliphatic carbocycles. The number of nitrogens with one attached hydrogen (secondary N) is 1. The monoisotopic (exact) mass is 203 g/mol. The van der Waals surface area contributed by atoms with Gasteiger partial charge >= 0.3 is 6.09 Å². The number of aliphatic hydroxyl groups excluding tert-OH is 1. The summed E-state index contributed by atoms with van der Waals surface area (Å²) in [5.41, 5.74) is -1.17. The second-order valence-electron chi connectivity index (χ2n) is 3.83. The van der Waals surface area contributed by atoms with Crippen LogP contribution in [0.1, 0.15) is 26.7 Å². The Morgan fingerprint density at radius 3 is 2.93 bits per heavy atom. The molecule has 1 amide bonds. The summed E-state index contributed by atoms with van der Waals surface area (Å²) >= 11 is 0. The van der Waals surface area contributed by atoms with Crippen LogP contribution in [0, 0.1) is 0 Å². The molecular formula is C9H17NO4. The quantitative estimate of drug-likeness (QED) is 0.603. The van der Waals surface area contributed by atoms with Crippen molar-refractivity contribution in [1.29, 1.82) is 0 Å². The zero-order chi connectivity index (χ0) is 10.8. The lowest BCUT2D eigenvalue weighted by molar-refractivity contribution is -0.0859. The van der Waals surface area contributed by atoms with E-state index in [1.165, 1.54) is 0 Å². The standard InChI is InChI=1S/C9H17NO4/c1-3-9(2,13)7(11)6-4-5-14-8(12)10-6/h6-7,11,13H,3-5H2,1-2H3,(H,10,12)/t6?,7-,9-/m0/s1. The van der Waals surface area contributed by atoms with Crippen molar-refractivity contribution in [3.63, 3.8) is 0 Å². The maximum absolute atomic E-state index is 10.9. The molecule has 0 saturated carbocycles. The van der Waals surface area contributed by atoms with Gasteiger partial charge in [-0.3, -0.25) is 0 Å². The van der Waals surface area contributed by atoms with Gasteiger partial charge < -0.3 is 20.3 Å². The highest BCUT2D eigenvalue weighted by Crippen LogP contribution is 2.20. The summed E-state index contributed by atoms with van der Waals surface area (Å²) in [5.74, 6) is 0. The number of ether oxygens (including phenoxy) is 1. The van der Waals surface area contributed by atoms with E-state index in [1.807, 2.05) is 0 Å². The van der Waals surface area contributed by atoms with Gasteiger partial charge in [-0.15, -0.1) is 0 Å². The Labute approximate surface area is 83.1 Å². The molecule has 0 spiro atoms. The number of hydrogen-bond donors (Lipinski definition) is 3. The number of alkyl carbamates (subject to hydrolysis) is 1. The average Bonchev–Trinajstić information content (AvgIpc) is 2.16. The van der Waals surface area contributed by atoms with Crippen LogP contribution >= 0.6 is 0 Å². The Hall–Kier alpha value is -0.810. The van der Waals surface area contributed by atoms with Crippen LogP contribution in [0.5, 0.6) is 0 Å². The van der Waals surface area contributed by atoms with E-state index in [2.05, 4.69) is 10.1 Å². The van der Waals surface area contributed by atoms with Gasteiger partial charge in [-0.1, -0.05) is 6.92 Å². The fraction of sp³-hybridized carbons (Fsp3) is 0.889. The van der Waals surface area contributed by atoms with Crippen molar-refractivity contribution >= 4 is 6.09 Å². The molecule has 5 heteroatoms. The first-order valence-corrected chi connectivity index (χ1v) is 4.81. The van der Waals surface area contributed by atoms with Gasteiger partial charge in [0.25, 0.3) is 0 Å². The van der Waals surface area contributed by atoms with E-state index in [1.54, 1.807) is 13.8 Å². The van der Waals surface area contributed by atoms with E-state index < -0.39 is 23.8 Å². The summed E-state index contributed by atoms with van der Waals surface area (Å²) in [5, 5.41) is 22.1. The largest absolute Gasteiger partial charge is 0.449 e. The highest BCUT2D eigenvalue weighted by Gasteiger charge is 2.37. The summed E-state index contributed by atoms with van der Waals surface area (Å²) in [7, 11) is 0. The molecule has 1 heterocycles. The number of aliphatic hydroxyl groups is 2. The molecule has 3 atom stereocenters. The van der Waals surface area contributed by atoms with E-state index in [4.69, 9.17) is 0 Å². The van der Waals surface area contributed by atoms with Gasteiger partial charge in [-0.25, -0.2) is 4.79 Å². The highest BCUT2D eigenvalue weighted by molar-refractivity contribution is 5.68. The summed E-state index contributed by atoms with van der Waals surface area (Å²) in [6, 6.07) is -0.425. The predicted octanol–water partition coefficient (Wildman–Crippen LogP) is 0.00680. The maximum Gasteiger partial charge on any atom is 0.407 e. The van der Waals surface area contributed by atoms with Gasteiger partial charge in [-0.2, -0.15) is 0 Å². The molecule has 0 bridgehead atoms. The smallest absolute Gasteiger partial charge is 0.407 e. The first kappa shape index (κ1) is 11.3. The van der Waals surface area contributed by atoms with Crippen molar-refractivity contribution in [3.8, 4) is 0 Å². The number of carbonyl (C=O) groups excluding carboxylic acids is 1. The van der Waals surface area contributed by atoms with Crippen molar-refractivity contribution in [2.24, 2.45) is 0 Å². The van der Waals surface area contributed by atoms with Crippen molar-refractivity contribution in [3.05, 3.63) is 0 Å². The van der Waals surface area contributed by atoms with E-state index in [-0.39, 0.29) is 6.61 Å². The van der Waals surface area contributed by atoms with Crippen LogP contribution in [-0.4, -0.2) is 40.7 Å². The minimum atomic E-state index is -1.17. The zero-order valence-electron chi connectivity index (χ0n) is 8.49. The van der Waals surface area contributed by atoms with Crippen LogP contribution in [0.15, 0.2) is 0 Å². The first-order chi connectivity index (χ1) is 6.47. The topological polar surface area (TPSA) is 78.8 Å². The zero-order valence-corrected chi connectivity index (χ0v) is 8.49. The molecule has 0 radical (unpaired) electrons.